The number of hydrogen-bond acceptors (Lipinski definition) is 4. The molecule has 1 fully saturated rings. The van der Waals surface area contributed by atoms with Crippen molar-refractivity contribution in [3.8, 4) is 11.5 Å². The van der Waals surface area contributed by atoms with Gasteiger partial charge in [0.2, 0.25) is 0 Å². The lowest BCUT2D eigenvalue weighted by atomic mass is 10.1. The summed E-state index contributed by atoms with van der Waals surface area (Å²) in [6.07, 6.45) is 4.60. The van der Waals surface area contributed by atoms with E-state index in [1.54, 1.807) is 25.3 Å². The number of piperidine rings is 1. The number of rotatable bonds is 5. The van der Waals surface area contributed by atoms with Crippen molar-refractivity contribution in [2.45, 2.75) is 19.3 Å². The zero-order chi connectivity index (χ0) is 12.8. The van der Waals surface area contributed by atoms with Crippen LogP contribution in [0.1, 0.15) is 29.6 Å². The lowest BCUT2D eigenvalue weighted by Crippen LogP contribution is -2.33. The molecule has 2 rings (SSSR count). The Labute approximate surface area is 107 Å². The second-order valence-electron chi connectivity index (χ2n) is 4.48. The maximum absolute atomic E-state index is 10.7. The fourth-order valence-electron chi connectivity index (χ4n) is 2.13. The highest BCUT2D eigenvalue weighted by Gasteiger charge is 2.12. The van der Waals surface area contributed by atoms with Gasteiger partial charge in [-0.05, 0) is 31.0 Å². The number of nitrogens with zero attached hydrogens (tertiary/aromatic N) is 1. The first-order valence-electron chi connectivity index (χ1n) is 6.32. The highest BCUT2D eigenvalue weighted by molar-refractivity contribution is 5.76. The lowest BCUT2D eigenvalue weighted by Gasteiger charge is -2.26. The SMILES string of the molecule is COc1cc(C=O)ccc1OCN1CCCCC1. The van der Waals surface area contributed by atoms with Crippen molar-refractivity contribution in [2.24, 2.45) is 0 Å². The van der Waals surface area contributed by atoms with Crippen LogP contribution >= 0.6 is 0 Å². The second kappa shape index (κ2) is 6.40. The average molecular weight is 249 g/mol. The molecule has 0 radical (unpaired) electrons. The van der Waals surface area contributed by atoms with Crippen LogP contribution in [0.25, 0.3) is 0 Å². The molecule has 0 atom stereocenters. The maximum Gasteiger partial charge on any atom is 0.163 e. The molecule has 0 spiro atoms. The first kappa shape index (κ1) is 12.9. The molecule has 0 amide bonds. The summed E-state index contributed by atoms with van der Waals surface area (Å²) >= 11 is 0. The molecule has 0 N–H and O–H groups in total. The molecule has 4 nitrogen and oxygen atoms in total. The van der Waals surface area contributed by atoms with Crippen LogP contribution in [0, 0.1) is 0 Å². The van der Waals surface area contributed by atoms with Gasteiger partial charge in [0.1, 0.15) is 13.0 Å². The summed E-state index contributed by atoms with van der Waals surface area (Å²) in [5.74, 6) is 1.30. The number of hydrogen-bond donors (Lipinski definition) is 0. The van der Waals surface area contributed by atoms with Crippen LogP contribution in [0.5, 0.6) is 11.5 Å². The minimum Gasteiger partial charge on any atom is -0.493 e. The third-order valence-electron chi connectivity index (χ3n) is 3.18. The third-order valence-corrected chi connectivity index (χ3v) is 3.18. The Bertz CT molecular complexity index is 400. The largest absolute Gasteiger partial charge is 0.493 e. The Morgan fingerprint density at radius 2 is 2.00 bits per heavy atom. The molecule has 1 aromatic rings. The minimum absolute atomic E-state index is 0.580. The van der Waals surface area contributed by atoms with E-state index in [4.69, 9.17) is 9.47 Å². The molecule has 1 aliphatic heterocycles. The van der Waals surface area contributed by atoms with Gasteiger partial charge in [0.25, 0.3) is 0 Å². The Kier molecular flexibility index (Phi) is 4.59. The number of carbonyl (C=O) groups excluding carboxylic acids is 1. The molecule has 1 heterocycles. The van der Waals surface area contributed by atoms with Crippen molar-refractivity contribution in [3.05, 3.63) is 23.8 Å². The summed E-state index contributed by atoms with van der Waals surface area (Å²) in [7, 11) is 1.58. The van der Waals surface area contributed by atoms with Gasteiger partial charge in [0.05, 0.1) is 7.11 Å². The molecular formula is C14H19NO3. The van der Waals surface area contributed by atoms with Crippen molar-refractivity contribution in [1.29, 1.82) is 0 Å². The summed E-state index contributed by atoms with van der Waals surface area (Å²) in [5, 5.41) is 0. The predicted molar refractivity (Wildman–Crippen MR) is 69.3 cm³/mol. The van der Waals surface area contributed by atoms with Crippen LogP contribution in [0.4, 0.5) is 0 Å². The molecule has 0 bridgehead atoms. The van der Waals surface area contributed by atoms with E-state index in [2.05, 4.69) is 4.90 Å². The zero-order valence-electron chi connectivity index (χ0n) is 10.7. The van der Waals surface area contributed by atoms with Gasteiger partial charge in [-0.1, -0.05) is 6.42 Å². The second-order valence-corrected chi connectivity index (χ2v) is 4.48. The summed E-state index contributed by atoms with van der Waals surface area (Å²) < 4.78 is 11.0. The topological polar surface area (TPSA) is 38.8 Å². The van der Waals surface area contributed by atoms with Gasteiger partial charge < -0.3 is 9.47 Å². The molecule has 0 aromatic heterocycles. The van der Waals surface area contributed by atoms with E-state index in [1.807, 2.05) is 0 Å². The molecule has 1 aliphatic rings. The van der Waals surface area contributed by atoms with Crippen LogP contribution in [-0.2, 0) is 0 Å². The fourth-order valence-corrected chi connectivity index (χ4v) is 2.13. The van der Waals surface area contributed by atoms with Crippen molar-refractivity contribution in [1.82, 2.24) is 4.90 Å². The number of carbonyl (C=O) groups is 1. The van der Waals surface area contributed by atoms with Crippen LogP contribution in [0.15, 0.2) is 18.2 Å². The minimum atomic E-state index is 0.580. The smallest absolute Gasteiger partial charge is 0.163 e. The van der Waals surface area contributed by atoms with E-state index in [1.165, 1.54) is 19.3 Å². The van der Waals surface area contributed by atoms with E-state index in [0.29, 0.717) is 23.8 Å². The van der Waals surface area contributed by atoms with E-state index in [-0.39, 0.29) is 0 Å². The van der Waals surface area contributed by atoms with Gasteiger partial charge >= 0.3 is 0 Å². The monoisotopic (exact) mass is 249 g/mol. The highest BCUT2D eigenvalue weighted by atomic mass is 16.5. The van der Waals surface area contributed by atoms with Crippen LogP contribution < -0.4 is 9.47 Å². The number of benzene rings is 1. The Hall–Kier alpha value is -1.55. The molecule has 0 unspecified atom stereocenters. The quantitative estimate of drug-likeness (QED) is 0.751. The number of likely N-dealkylation sites (tertiary alicyclic amines) is 1. The number of aldehydes is 1. The number of methoxy groups -OCH3 is 1. The lowest BCUT2D eigenvalue weighted by molar-refractivity contribution is 0.104. The molecular weight excluding hydrogens is 230 g/mol. The van der Waals surface area contributed by atoms with Gasteiger partial charge in [0.15, 0.2) is 11.5 Å². The third kappa shape index (κ3) is 3.23. The molecule has 98 valence electrons. The van der Waals surface area contributed by atoms with Gasteiger partial charge in [-0.2, -0.15) is 0 Å². The molecule has 1 aromatic carbocycles. The molecule has 1 saturated heterocycles. The van der Waals surface area contributed by atoms with Crippen molar-refractivity contribution in [3.63, 3.8) is 0 Å². The Morgan fingerprint density at radius 3 is 2.67 bits per heavy atom. The predicted octanol–water partition coefficient (Wildman–Crippen LogP) is 2.33. The van der Waals surface area contributed by atoms with Gasteiger partial charge in [-0.3, -0.25) is 9.69 Å². The fraction of sp³-hybridized carbons (Fsp3) is 0.500. The Morgan fingerprint density at radius 1 is 1.22 bits per heavy atom. The average Bonchev–Trinajstić information content (AvgIpc) is 2.46. The van der Waals surface area contributed by atoms with E-state index in [9.17, 15) is 4.79 Å². The van der Waals surface area contributed by atoms with Crippen molar-refractivity contribution in [2.75, 3.05) is 26.9 Å². The first-order valence-corrected chi connectivity index (χ1v) is 6.32. The summed E-state index contributed by atoms with van der Waals surface area (Å²) in [6, 6.07) is 5.21. The molecule has 0 aliphatic carbocycles. The van der Waals surface area contributed by atoms with Gasteiger partial charge in [0, 0.05) is 18.7 Å². The summed E-state index contributed by atoms with van der Waals surface area (Å²) in [6.45, 7) is 2.76. The van der Waals surface area contributed by atoms with E-state index >= 15 is 0 Å². The van der Waals surface area contributed by atoms with E-state index < -0.39 is 0 Å². The normalized spacial score (nSPS) is 16.3. The summed E-state index contributed by atoms with van der Waals surface area (Å²) in [4.78, 5) is 13.0. The van der Waals surface area contributed by atoms with Crippen LogP contribution in [-0.4, -0.2) is 38.1 Å². The maximum atomic E-state index is 10.7. The van der Waals surface area contributed by atoms with Crippen LogP contribution in [0.2, 0.25) is 0 Å². The first-order chi connectivity index (χ1) is 8.83. The van der Waals surface area contributed by atoms with E-state index in [0.717, 1.165) is 19.4 Å². The van der Waals surface area contributed by atoms with Gasteiger partial charge in [-0.15, -0.1) is 0 Å². The molecule has 0 saturated carbocycles. The summed E-state index contributed by atoms with van der Waals surface area (Å²) in [5.41, 5.74) is 0.595. The zero-order valence-corrected chi connectivity index (χ0v) is 10.7. The molecule has 18 heavy (non-hydrogen) atoms. The molecule has 4 heteroatoms. The highest BCUT2D eigenvalue weighted by Crippen LogP contribution is 2.27. The van der Waals surface area contributed by atoms with Crippen molar-refractivity contribution >= 4 is 6.29 Å². The standard InChI is InChI=1S/C14H19NO3/c1-17-14-9-12(10-16)5-6-13(14)18-11-15-7-3-2-4-8-15/h5-6,9-10H,2-4,7-8,11H2,1H3. The van der Waals surface area contributed by atoms with Crippen LogP contribution in [0.3, 0.4) is 0 Å². The van der Waals surface area contributed by atoms with Crippen molar-refractivity contribution < 1.29 is 14.3 Å². The Balaban J connectivity index is 1.97. The number of ether oxygens (including phenoxy) is 2. The van der Waals surface area contributed by atoms with Gasteiger partial charge in [-0.25, -0.2) is 0 Å².